The molecule has 0 amide bonds. The molecule has 0 fully saturated rings. The molecule has 1 atom stereocenters. The lowest BCUT2D eigenvalue weighted by atomic mass is 10.0. The van der Waals surface area contributed by atoms with Gasteiger partial charge in [0.15, 0.2) is 4.67 Å². The van der Waals surface area contributed by atoms with Crippen molar-refractivity contribution in [2.75, 3.05) is 14.2 Å². The quantitative estimate of drug-likeness (QED) is 0.858. The van der Waals surface area contributed by atoms with Crippen LogP contribution in [0.25, 0.3) is 0 Å². The van der Waals surface area contributed by atoms with Gasteiger partial charge in [0.2, 0.25) is 0 Å². The highest BCUT2D eigenvalue weighted by Crippen LogP contribution is 2.39. The summed E-state index contributed by atoms with van der Waals surface area (Å²) in [5.41, 5.74) is 1.23. The third kappa shape index (κ3) is 2.80. The zero-order valence-electron chi connectivity index (χ0n) is 10.3. The van der Waals surface area contributed by atoms with Crippen molar-refractivity contribution >= 4 is 31.9 Å². The number of ether oxygens (including phenoxy) is 2. The van der Waals surface area contributed by atoms with Gasteiger partial charge in [-0.05, 0) is 50.1 Å². The molecule has 102 valence electrons. The van der Waals surface area contributed by atoms with Crippen molar-refractivity contribution in [1.29, 1.82) is 0 Å². The highest BCUT2D eigenvalue weighted by atomic mass is 79.9. The number of benzene rings is 1. The monoisotopic (exact) mass is 390 g/mol. The van der Waals surface area contributed by atoms with Crippen LogP contribution in [-0.4, -0.2) is 19.3 Å². The minimum atomic E-state index is -0.870. The van der Waals surface area contributed by atoms with Crippen molar-refractivity contribution in [3.05, 3.63) is 44.7 Å². The molecule has 0 radical (unpaired) electrons. The Bertz CT molecular complexity index is 580. The van der Waals surface area contributed by atoms with E-state index < -0.39 is 6.10 Å². The van der Waals surface area contributed by atoms with Gasteiger partial charge >= 0.3 is 0 Å². The Hall–Kier alpha value is -0.980. The Morgan fingerprint density at radius 1 is 1.11 bits per heavy atom. The maximum atomic E-state index is 10.4. The summed E-state index contributed by atoms with van der Waals surface area (Å²) in [5, 5.41) is 10.4. The van der Waals surface area contributed by atoms with Gasteiger partial charge < -0.3 is 19.0 Å². The van der Waals surface area contributed by atoms with Crippen LogP contribution in [0.1, 0.15) is 17.2 Å². The Morgan fingerprint density at radius 2 is 1.79 bits per heavy atom. The summed E-state index contributed by atoms with van der Waals surface area (Å²) in [6, 6.07) is 5.18. The predicted molar refractivity (Wildman–Crippen MR) is 77.7 cm³/mol. The normalized spacial score (nSPS) is 12.3. The van der Waals surface area contributed by atoms with Gasteiger partial charge in [-0.25, -0.2) is 0 Å². The minimum absolute atomic E-state index is 0.490. The number of hydrogen-bond donors (Lipinski definition) is 1. The number of hydrogen-bond acceptors (Lipinski definition) is 4. The molecule has 6 heteroatoms. The van der Waals surface area contributed by atoms with Crippen LogP contribution in [0.4, 0.5) is 0 Å². The van der Waals surface area contributed by atoms with Crippen LogP contribution in [0.2, 0.25) is 0 Å². The molecule has 19 heavy (non-hydrogen) atoms. The summed E-state index contributed by atoms with van der Waals surface area (Å²) >= 11 is 6.63. The van der Waals surface area contributed by atoms with Crippen LogP contribution in [0.3, 0.4) is 0 Å². The van der Waals surface area contributed by atoms with E-state index in [1.54, 1.807) is 32.4 Å². The van der Waals surface area contributed by atoms with Gasteiger partial charge in [0.1, 0.15) is 17.6 Å². The molecule has 1 heterocycles. The lowest BCUT2D eigenvalue weighted by Crippen LogP contribution is -2.03. The molecule has 4 nitrogen and oxygen atoms in total. The first-order valence-corrected chi connectivity index (χ1v) is 6.99. The van der Waals surface area contributed by atoms with Crippen molar-refractivity contribution in [2.45, 2.75) is 6.10 Å². The lowest BCUT2D eigenvalue weighted by molar-refractivity contribution is 0.212. The van der Waals surface area contributed by atoms with Crippen LogP contribution in [0.15, 0.2) is 38.0 Å². The van der Waals surface area contributed by atoms with Gasteiger partial charge in [-0.1, -0.05) is 0 Å². The number of aliphatic hydroxyl groups excluding tert-OH is 1. The predicted octanol–water partition coefficient (Wildman–Crippen LogP) is 3.90. The second-order valence-electron chi connectivity index (χ2n) is 3.78. The number of halogens is 2. The summed E-state index contributed by atoms with van der Waals surface area (Å²) in [7, 11) is 3.12. The van der Waals surface area contributed by atoms with Crippen LogP contribution in [-0.2, 0) is 0 Å². The number of furan rings is 1. The molecule has 0 spiro atoms. The van der Waals surface area contributed by atoms with E-state index in [9.17, 15) is 5.11 Å². The van der Waals surface area contributed by atoms with Crippen LogP contribution in [0.5, 0.6) is 11.5 Å². The molecule has 1 N–H and O–H groups in total. The summed E-state index contributed by atoms with van der Waals surface area (Å²) in [6.07, 6.45) is 0.635. The molecule has 0 aliphatic carbocycles. The standard InChI is InChI=1S/C13H12Br2O4/c1-17-10-6-9(14)11(18-2)5-8(10)12(16)7-3-4-19-13(7)15/h3-6,12,16H,1-2H3. The molecule has 2 rings (SSSR count). The molecule has 1 aromatic heterocycles. The SMILES string of the molecule is COc1cc(C(O)c2ccoc2Br)c(OC)cc1Br. The van der Waals surface area contributed by atoms with Gasteiger partial charge in [0, 0.05) is 11.1 Å². The van der Waals surface area contributed by atoms with Gasteiger partial charge in [-0.15, -0.1) is 0 Å². The maximum Gasteiger partial charge on any atom is 0.175 e. The van der Waals surface area contributed by atoms with E-state index in [1.807, 2.05) is 0 Å². The molecular formula is C13H12Br2O4. The van der Waals surface area contributed by atoms with E-state index in [2.05, 4.69) is 31.9 Å². The summed E-state index contributed by atoms with van der Waals surface area (Å²) in [5.74, 6) is 1.18. The summed E-state index contributed by atoms with van der Waals surface area (Å²) < 4.78 is 16.9. The van der Waals surface area contributed by atoms with Gasteiger partial charge in [0.25, 0.3) is 0 Å². The molecule has 0 aliphatic heterocycles. The smallest absolute Gasteiger partial charge is 0.175 e. The Labute approximate surface area is 127 Å². The van der Waals surface area contributed by atoms with E-state index in [0.29, 0.717) is 27.3 Å². The highest BCUT2D eigenvalue weighted by Gasteiger charge is 2.21. The fourth-order valence-electron chi connectivity index (χ4n) is 1.76. The number of methoxy groups -OCH3 is 2. The Morgan fingerprint density at radius 3 is 2.32 bits per heavy atom. The first-order chi connectivity index (χ1) is 9.08. The summed E-state index contributed by atoms with van der Waals surface area (Å²) in [4.78, 5) is 0. The molecular weight excluding hydrogens is 380 g/mol. The second-order valence-corrected chi connectivity index (χ2v) is 5.36. The molecule has 0 saturated carbocycles. The average molecular weight is 392 g/mol. The van der Waals surface area contributed by atoms with Crippen molar-refractivity contribution in [3.8, 4) is 11.5 Å². The fraction of sp³-hybridized carbons (Fsp3) is 0.231. The topological polar surface area (TPSA) is 51.8 Å². The van der Waals surface area contributed by atoms with E-state index in [4.69, 9.17) is 13.9 Å². The molecule has 1 unspecified atom stereocenters. The van der Waals surface area contributed by atoms with Crippen LogP contribution in [0, 0.1) is 0 Å². The van der Waals surface area contributed by atoms with Gasteiger partial charge in [-0.3, -0.25) is 0 Å². The van der Waals surface area contributed by atoms with Crippen LogP contribution < -0.4 is 9.47 Å². The van der Waals surface area contributed by atoms with Crippen molar-refractivity contribution < 1.29 is 19.0 Å². The molecule has 0 saturated heterocycles. The van der Waals surface area contributed by atoms with E-state index in [-0.39, 0.29) is 0 Å². The average Bonchev–Trinajstić information content (AvgIpc) is 2.83. The van der Waals surface area contributed by atoms with Crippen molar-refractivity contribution in [1.82, 2.24) is 0 Å². The van der Waals surface area contributed by atoms with E-state index in [1.165, 1.54) is 6.26 Å². The first kappa shape index (κ1) is 14.4. The Balaban J connectivity index is 2.51. The van der Waals surface area contributed by atoms with Gasteiger partial charge in [0.05, 0.1) is 25.0 Å². The Kier molecular flexibility index (Phi) is 4.54. The van der Waals surface area contributed by atoms with Crippen molar-refractivity contribution in [2.24, 2.45) is 0 Å². The number of aliphatic hydroxyl groups is 1. The zero-order valence-corrected chi connectivity index (χ0v) is 13.5. The zero-order chi connectivity index (χ0) is 14.0. The first-order valence-electron chi connectivity index (χ1n) is 5.40. The summed E-state index contributed by atoms with van der Waals surface area (Å²) in [6.45, 7) is 0. The minimum Gasteiger partial charge on any atom is -0.496 e. The third-order valence-electron chi connectivity index (χ3n) is 2.74. The molecule has 0 aliphatic rings. The second kappa shape index (κ2) is 5.98. The third-order valence-corrected chi connectivity index (χ3v) is 4.00. The highest BCUT2D eigenvalue weighted by molar-refractivity contribution is 9.10. The van der Waals surface area contributed by atoms with E-state index in [0.717, 1.165) is 4.47 Å². The van der Waals surface area contributed by atoms with E-state index >= 15 is 0 Å². The van der Waals surface area contributed by atoms with Gasteiger partial charge in [-0.2, -0.15) is 0 Å². The largest absolute Gasteiger partial charge is 0.496 e. The van der Waals surface area contributed by atoms with Crippen molar-refractivity contribution in [3.63, 3.8) is 0 Å². The lowest BCUT2D eigenvalue weighted by Gasteiger charge is -2.16. The molecule has 1 aromatic carbocycles. The van der Waals surface area contributed by atoms with Crippen LogP contribution >= 0.6 is 31.9 Å². The molecule has 0 bridgehead atoms. The molecule has 2 aromatic rings. The number of rotatable bonds is 4. The fourth-order valence-corrected chi connectivity index (χ4v) is 2.71. The maximum absolute atomic E-state index is 10.4.